The molecule has 0 unspecified atom stereocenters. The molecule has 3 nitrogen and oxygen atoms in total. The van der Waals surface area contributed by atoms with E-state index in [0.717, 1.165) is 96.7 Å². The first-order valence-electron chi connectivity index (χ1n) is 54.4. The fraction of sp³-hybridized carbons (Fsp3) is 0.524. The molecule has 3 heterocycles. The van der Waals surface area contributed by atoms with E-state index in [1.165, 1.54) is 435 Å². The molecule has 10 aromatic carbocycles. The van der Waals surface area contributed by atoms with Gasteiger partial charge in [0.05, 0.1) is 16.6 Å². The van der Waals surface area contributed by atoms with Crippen LogP contribution in [0.5, 0.6) is 0 Å². The molecule has 13 aromatic rings. The molecule has 0 aliphatic carbocycles. The number of aromatic nitrogens is 3. The quantitative estimate of drug-likeness (QED) is 0.0338. The Morgan fingerprint density at radius 2 is 0.302 bits per heavy atom. The van der Waals surface area contributed by atoms with Gasteiger partial charge in [0.25, 0.3) is 0 Å². The summed E-state index contributed by atoms with van der Waals surface area (Å²) < 4.78 is 8.72. The summed E-state index contributed by atoms with van der Waals surface area (Å²) in [4.78, 5) is 0. The molecule has 690 valence electrons. The summed E-state index contributed by atoms with van der Waals surface area (Å²) in [6, 6.07) is 76.4. The van der Waals surface area contributed by atoms with Gasteiger partial charge in [0.15, 0.2) is 0 Å². The summed E-state index contributed by atoms with van der Waals surface area (Å²) in [5, 5.41) is 8.39. The molecule has 0 aliphatic heterocycles. The Kier molecular flexibility index (Phi) is 40.6. The van der Waals surface area contributed by atoms with Crippen LogP contribution in [0.15, 0.2) is 182 Å². The van der Waals surface area contributed by atoms with Crippen molar-refractivity contribution in [1.82, 2.24) is 13.7 Å². The topological polar surface area (TPSA) is 14.8 Å². The molecule has 0 radical (unpaired) electrons. The Bertz CT molecular complexity index is 4870. The van der Waals surface area contributed by atoms with Gasteiger partial charge in [-0.15, -0.1) is 0 Å². The molecule has 0 atom stereocenters. The van der Waals surface area contributed by atoms with Crippen LogP contribution in [0, 0.1) is 0 Å². The summed E-state index contributed by atoms with van der Waals surface area (Å²) >= 11 is 0. The molecule has 0 fully saturated rings. The van der Waals surface area contributed by atoms with E-state index in [4.69, 9.17) is 0 Å². The first kappa shape index (κ1) is 98.1. The number of unbranched alkanes of at least 4 members (excludes halogenated alkanes) is 39. The number of fused-ring (bicyclic) bond motifs is 12. The van der Waals surface area contributed by atoms with Gasteiger partial charge >= 0.3 is 0 Å². The minimum Gasteiger partial charge on any atom is -0.340 e. The SMILES string of the molecule is CCCCCCCCCc1ccc(-c2cc3c4c(c5c6cc(-c7ccc(CCCCCCCCC)cc7)c(-c7ccc(CCCCCCCCC)cc7)cc6n(CCCC)c5c5c6cc(-c7ccc(CCCCCCCCC)cc7)c(-c7ccc(CCCCCCCCC)cc7)cc6n(CCCC)c45)n(CCCC)c3cc2-c2ccc(CCCCCCCCC)cc2)cc1. The molecule has 0 bridgehead atoms. The molecule has 3 aromatic heterocycles. The van der Waals surface area contributed by atoms with E-state index >= 15 is 0 Å². The van der Waals surface area contributed by atoms with Crippen molar-refractivity contribution in [1.29, 1.82) is 0 Å². The van der Waals surface area contributed by atoms with Crippen LogP contribution < -0.4 is 0 Å². The lowest BCUT2D eigenvalue weighted by atomic mass is 9.90. The van der Waals surface area contributed by atoms with Gasteiger partial charge < -0.3 is 13.7 Å². The number of aryl methyl sites for hydroxylation is 9. The van der Waals surface area contributed by atoms with Crippen molar-refractivity contribution in [2.45, 2.75) is 429 Å². The number of rotatable bonds is 63. The van der Waals surface area contributed by atoms with Crippen LogP contribution in [0.1, 0.15) is 404 Å². The van der Waals surface area contributed by atoms with E-state index in [2.05, 4.69) is 258 Å². The minimum absolute atomic E-state index is 0.923. The lowest BCUT2D eigenvalue weighted by molar-refractivity contribution is 0.589. The first-order chi connectivity index (χ1) is 63.7. The normalized spacial score (nSPS) is 12.0. The number of hydrogen-bond acceptors (Lipinski definition) is 0. The lowest BCUT2D eigenvalue weighted by Gasteiger charge is -2.15. The molecule has 13 rings (SSSR count). The molecular formula is C126H171N3. The monoisotopic (exact) mass is 1730 g/mol. The number of benzene rings is 10. The van der Waals surface area contributed by atoms with E-state index < -0.39 is 0 Å². The fourth-order valence-corrected chi connectivity index (χ4v) is 21.6. The second-order valence-corrected chi connectivity index (χ2v) is 39.8. The third-order valence-electron chi connectivity index (χ3n) is 29.5. The van der Waals surface area contributed by atoms with Crippen LogP contribution in [0.2, 0.25) is 0 Å². The molecule has 0 N–H and O–H groups in total. The minimum atomic E-state index is 0.923. The second-order valence-electron chi connectivity index (χ2n) is 39.8. The van der Waals surface area contributed by atoms with Crippen LogP contribution in [-0.4, -0.2) is 13.7 Å². The summed E-state index contributed by atoms with van der Waals surface area (Å²) in [7, 11) is 0. The van der Waals surface area contributed by atoms with Crippen molar-refractivity contribution >= 4 is 65.4 Å². The molecule has 0 saturated carbocycles. The maximum atomic E-state index is 2.91. The third-order valence-corrected chi connectivity index (χ3v) is 29.5. The highest BCUT2D eigenvalue weighted by molar-refractivity contribution is 6.40. The Morgan fingerprint density at radius 3 is 0.465 bits per heavy atom. The van der Waals surface area contributed by atoms with Crippen LogP contribution in [0.4, 0.5) is 0 Å². The predicted molar refractivity (Wildman–Crippen MR) is 573 cm³/mol. The van der Waals surface area contributed by atoms with Gasteiger partial charge in [-0.25, -0.2) is 0 Å². The third kappa shape index (κ3) is 26.5. The van der Waals surface area contributed by atoms with Crippen LogP contribution >= 0.6 is 0 Å². The van der Waals surface area contributed by atoms with Crippen molar-refractivity contribution in [3.05, 3.63) is 215 Å². The zero-order chi connectivity index (χ0) is 89.6. The van der Waals surface area contributed by atoms with E-state index in [1.54, 1.807) is 0 Å². The highest BCUT2D eigenvalue weighted by Gasteiger charge is 2.31. The highest BCUT2D eigenvalue weighted by Crippen LogP contribution is 2.53. The van der Waals surface area contributed by atoms with Crippen LogP contribution in [0.3, 0.4) is 0 Å². The smallest absolute Gasteiger partial charge is 0.0614 e. The number of hydrogen-bond donors (Lipinski definition) is 0. The highest BCUT2D eigenvalue weighted by atomic mass is 15.0. The molecular weight excluding hydrogens is 1560 g/mol. The fourth-order valence-electron chi connectivity index (χ4n) is 21.6. The Hall–Kier alpha value is -8.40. The molecule has 129 heavy (non-hydrogen) atoms. The van der Waals surface area contributed by atoms with E-state index in [0.29, 0.717) is 0 Å². The molecule has 0 aliphatic rings. The average molecular weight is 1730 g/mol. The van der Waals surface area contributed by atoms with E-state index in [-0.39, 0.29) is 0 Å². The first-order valence-corrected chi connectivity index (χ1v) is 54.4. The molecule has 0 amide bonds. The summed E-state index contributed by atoms with van der Waals surface area (Å²) in [6.07, 6.45) is 69.0. The van der Waals surface area contributed by atoms with Crippen molar-refractivity contribution < 1.29 is 0 Å². The van der Waals surface area contributed by atoms with Gasteiger partial charge in [-0.05, 0) is 233 Å². The Morgan fingerprint density at radius 1 is 0.155 bits per heavy atom. The van der Waals surface area contributed by atoms with Gasteiger partial charge in [0, 0.05) is 68.5 Å². The zero-order valence-electron chi connectivity index (χ0n) is 83.0. The zero-order valence-corrected chi connectivity index (χ0v) is 83.0. The van der Waals surface area contributed by atoms with Crippen LogP contribution in [0.25, 0.3) is 132 Å². The average Bonchev–Trinajstić information content (AvgIpc) is 1.50. The van der Waals surface area contributed by atoms with Crippen molar-refractivity contribution in [2.75, 3.05) is 0 Å². The lowest BCUT2D eigenvalue weighted by Crippen LogP contribution is -2.01. The largest absolute Gasteiger partial charge is 0.340 e. The van der Waals surface area contributed by atoms with E-state index in [1.807, 2.05) is 0 Å². The predicted octanol–water partition coefficient (Wildman–Crippen LogP) is 40.2. The summed E-state index contributed by atoms with van der Waals surface area (Å²) in [5.41, 5.74) is 32.9. The van der Waals surface area contributed by atoms with Gasteiger partial charge in [-0.3, -0.25) is 0 Å². The van der Waals surface area contributed by atoms with Gasteiger partial charge in [0.2, 0.25) is 0 Å². The summed E-state index contributed by atoms with van der Waals surface area (Å²) in [5.74, 6) is 0. The molecule has 0 spiro atoms. The molecule has 3 heteroatoms. The van der Waals surface area contributed by atoms with Gasteiger partial charge in [-0.2, -0.15) is 0 Å². The maximum absolute atomic E-state index is 2.91. The Labute approximate surface area is 784 Å². The standard InChI is InChI=1S/C126H171N3/c1-10-19-28-34-40-46-52-58-97-64-76-103(77-65-97)109-91-115-118(94-112(109)106-82-70-100(71-83-106)61-55-49-43-37-31-22-13-4)127(88-25-16-7)124-121(115)125-123(116-92-110(104-78-66-98(67-79-104)59-53-47-41-35-29-20-11-2)113(95-119(116)128(125)89-26-17-8)107-84-72-101(73-85-107)62-56-50-44-38-32-23-14-5)126-122(124)117-93-111(105-80-68-99(69-81-105)60-54-48-42-36-30-21-12-3)114(96-120(117)129(126)90-27-18-9)108-86-74-102(75-87-108)63-57-51-45-39-33-24-15-6/h64-87,91-96H,10-63,88-90H2,1-9H3. The molecule has 0 saturated heterocycles. The van der Waals surface area contributed by atoms with Crippen molar-refractivity contribution in [2.24, 2.45) is 0 Å². The van der Waals surface area contributed by atoms with Crippen LogP contribution in [-0.2, 0) is 58.2 Å². The number of nitrogens with zero attached hydrogens (tertiary/aromatic N) is 3. The maximum Gasteiger partial charge on any atom is 0.0614 e. The van der Waals surface area contributed by atoms with Gasteiger partial charge in [0.1, 0.15) is 0 Å². The van der Waals surface area contributed by atoms with Gasteiger partial charge in [-0.1, -0.05) is 458 Å². The Balaban J connectivity index is 1.11. The van der Waals surface area contributed by atoms with E-state index in [9.17, 15) is 0 Å². The van der Waals surface area contributed by atoms with Crippen molar-refractivity contribution in [3.63, 3.8) is 0 Å². The van der Waals surface area contributed by atoms with Crippen molar-refractivity contribution in [3.8, 4) is 66.8 Å². The second kappa shape index (κ2) is 53.3. The summed E-state index contributed by atoms with van der Waals surface area (Å²) in [6.45, 7) is 24.0.